The molecule has 0 saturated carbocycles. The zero-order valence-corrected chi connectivity index (χ0v) is 18.8. The lowest BCUT2D eigenvalue weighted by Crippen LogP contribution is -2.49. The summed E-state index contributed by atoms with van der Waals surface area (Å²) in [5, 5.41) is 13.9. The Balaban J connectivity index is 2.29. The van der Waals surface area contributed by atoms with Crippen LogP contribution in [0.1, 0.15) is 46.6 Å². The molecule has 170 valence electrons. The molecule has 2 N–H and O–H groups in total. The number of carbonyl (C=O) groups is 2. The highest BCUT2D eigenvalue weighted by Gasteiger charge is 2.30. The standard InChI is InChI=1S/C22H28ClFN2O5/c1-5-17(26-9-8-13-6-7-14(23)10-15(13)21(26)30)20(29)25-16(18(27)12-24)11-19(28)31-22(2,3)4/h6-10,16-18,27H,5,11-12H2,1-4H3,(H,25,29). The second kappa shape index (κ2) is 10.2. The molecule has 1 amide bonds. The van der Waals surface area contributed by atoms with Crippen LogP contribution >= 0.6 is 11.6 Å². The average Bonchev–Trinajstić information content (AvgIpc) is 2.68. The van der Waals surface area contributed by atoms with Crippen molar-refractivity contribution >= 4 is 34.2 Å². The molecular weight excluding hydrogens is 427 g/mol. The van der Waals surface area contributed by atoms with Crippen molar-refractivity contribution in [3.05, 3.63) is 45.8 Å². The maximum Gasteiger partial charge on any atom is 0.308 e. The van der Waals surface area contributed by atoms with Crippen molar-refractivity contribution in [2.45, 2.75) is 64.3 Å². The minimum absolute atomic E-state index is 0.253. The number of alkyl halides is 1. The first-order valence-corrected chi connectivity index (χ1v) is 10.4. The number of hydrogen-bond acceptors (Lipinski definition) is 5. The van der Waals surface area contributed by atoms with Gasteiger partial charge in [-0.2, -0.15) is 0 Å². The molecule has 2 rings (SSSR count). The molecule has 0 aliphatic heterocycles. The van der Waals surface area contributed by atoms with Crippen LogP contribution in [-0.2, 0) is 14.3 Å². The van der Waals surface area contributed by atoms with Gasteiger partial charge in [-0.1, -0.05) is 24.6 Å². The number of amides is 1. The number of ether oxygens (including phenoxy) is 1. The normalized spacial score (nSPS) is 14.7. The maximum atomic E-state index is 13.1. The third-order valence-corrected chi connectivity index (χ3v) is 4.91. The Bertz CT molecular complexity index is 1000. The van der Waals surface area contributed by atoms with Gasteiger partial charge in [-0.25, -0.2) is 4.39 Å². The summed E-state index contributed by atoms with van der Waals surface area (Å²) in [5.74, 6) is -1.30. The molecule has 1 aromatic carbocycles. The van der Waals surface area contributed by atoms with E-state index in [1.54, 1.807) is 45.9 Å². The fourth-order valence-corrected chi connectivity index (χ4v) is 3.38. The van der Waals surface area contributed by atoms with Crippen LogP contribution in [0.3, 0.4) is 0 Å². The van der Waals surface area contributed by atoms with Crippen LogP contribution in [0.25, 0.3) is 10.8 Å². The Morgan fingerprint density at radius 2 is 1.97 bits per heavy atom. The SMILES string of the molecule is CCC(C(=O)NC(CC(=O)OC(C)(C)C)C(O)CF)n1ccc2ccc(Cl)cc2c1=O. The molecule has 0 saturated heterocycles. The van der Waals surface area contributed by atoms with E-state index in [-0.39, 0.29) is 6.42 Å². The van der Waals surface area contributed by atoms with Crippen molar-refractivity contribution in [1.82, 2.24) is 9.88 Å². The first-order valence-electron chi connectivity index (χ1n) is 10.0. The Morgan fingerprint density at radius 3 is 2.55 bits per heavy atom. The van der Waals surface area contributed by atoms with Gasteiger partial charge in [0.1, 0.15) is 24.4 Å². The lowest BCUT2D eigenvalue weighted by molar-refractivity contribution is -0.156. The zero-order chi connectivity index (χ0) is 23.3. The number of rotatable bonds is 8. The molecule has 0 fully saturated rings. The Morgan fingerprint density at radius 1 is 1.29 bits per heavy atom. The summed E-state index contributed by atoms with van der Waals surface area (Å²) in [6.07, 6.45) is -0.253. The molecule has 0 bridgehead atoms. The Kier molecular flexibility index (Phi) is 8.20. The van der Waals surface area contributed by atoms with Gasteiger partial charge in [0.25, 0.3) is 5.56 Å². The van der Waals surface area contributed by atoms with E-state index in [9.17, 15) is 23.9 Å². The summed E-state index contributed by atoms with van der Waals surface area (Å²) < 4.78 is 19.6. The van der Waals surface area contributed by atoms with Crippen LogP contribution < -0.4 is 10.9 Å². The molecule has 2 aromatic rings. The smallest absolute Gasteiger partial charge is 0.308 e. The van der Waals surface area contributed by atoms with Crippen molar-refractivity contribution in [2.24, 2.45) is 0 Å². The third kappa shape index (κ3) is 6.51. The first-order chi connectivity index (χ1) is 14.5. The number of aromatic nitrogens is 1. The molecule has 9 heteroatoms. The van der Waals surface area contributed by atoms with Crippen LogP contribution in [-0.4, -0.2) is 46.0 Å². The fourth-order valence-electron chi connectivity index (χ4n) is 3.21. The van der Waals surface area contributed by atoms with Gasteiger partial charge in [0.2, 0.25) is 5.91 Å². The number of aliphatic hydroxyl groups excluding tert-OH is 1. The van der Waals surface area contributed by atoms with Gasteiger partial charge < -0.3 is 19.7 Å². The van der Waals surface area contributed by atoms with Crippen molar-refractivity contribution in [3.8, 4) is 0 Å². The number of aliphatic hydroxyl groups is 1. The largest absolute Gasteiger partial charge is 0.460 e. The summed E-state index contributed by atoms with van der Waals surface area (Å²) >= 11 is 6.00. The van der Waals surface area contributed by atoms with Gasteiger partial charge in [-0.3, -0.25) is 14.4 Å². The summed E-state index contributed by atoms with van der Waals surface area (Å²) in [6.45, 7) is 5.59. The number of hydrogen-bond donors (Lipinski definition) is 2. The van der Waals surface area contributed by atoms with Crippen LogP contribution in [0.2, 0.25) is 5.02 Å². The number of carbonyl (C=O) groups excluding carboxylic acids is 2. The van der Waals surface area contributed by atoms with Gasteiger partial charge in [0.05, 0.1) is 12.5 Å². The number of fused-ring (bicyclic) bond motifs is 1. The Labute approximate surface area is 185 Å². The van der Waals surface area contributed by atoms with Crippen LogP contribution in [0.15, 0.2) is 35.3 Å². The highest BCUT2D eigenvalue weighted by molar-refractivity contribution is 6.31. The molecule has 0 aliphatic carbocycles. The second-order valence-corrected chi connectivity index (χ2v) is 8.75. The number of esters is 1. The van der Waals surface area contributed by atoms with Gasteiger partial charge in [-0.15, -0.1) is 0 Å². The molecular formula is C22H28ClFN2O5. The summed E-state index contributed by atoms with van der Waals surface area (Å²) in [7, 11) is 0. The van der Waals surface area contributed by atoms with Gasteiger partial charge in [-0.05, 0) is 50.8 Å². The van der Waals surface area contributed by atoms with E-state index in [1.165, 1.54) is 16.8 Å². The number of pyridine rings is 1. The third-order valence-electron chi connectivity index (χ3n) is 4.68. The molecule has 3 atom stereocenters. The lowest BCUT2D eigenvalue weighted by atomic mass is 10.1. The van der Waals surface area contributed by atoms with Crippen molar-refractivity contribution in [3.63, 3.8) is 0 Å². The van der Waals surface area contributed by atoms with E-state index in [0.29, 0.717) is 15.8 Å². The van der Waals surface area contributed by atoms with Crippen LogP contribution in [0, 0.1) is 0 Å². The molecule has 0 aliphatic rings. The summed E-state index contributed by atoms with van der Waals surface area (Å²) in [6, 6.07) is 4.46. The number of nitrogens with one attached hydrogen (secondary N) is 1. The first kappa shape index (κ1) is 24.8. The number of benzene rings is 1. The van der Waals surface area contributed by atoms with Crippen LogP contribution in [0.5, 0.6) is 0 Å². The van der Waals surface area contributed by atoms with E-state index < -0.39 is 54.3 Å². The second-order valence-electron chi connectivity index (χ2n) is 8.31. The number of halogens is 2. The topological polar surface area (TPSA) is 97.6 Å². The minimum atomic E-state index is -1.60. The Hall–Kier alpha value is -2.45. The quantitative estimate of drug-likeness (QED) is 0.597. The lowest BCUT2D eigenvalue weighted by Gasteiger charge is -2.27. The predicted molar refractivity (Wildman–Crippen MR) is 117 cm³/mol. The molecule has 0 radical (unpaired) electrons. The van der Waals surface area contributed by atoms with E-state index in [2.05, 4.69) is 5.32 Å². The molecule has 3 unspecified atom stereocenters. The fraction of sp³-hybridized carbons (Fsp3) is 0.500. The van der Waals surface area contributed by atoms with E-state index >= 15 is 0 Å². The van der Waals surface area contributed by atoms with Crippen molar-refractivity contribution in [1.29, 1.82) is 0 Å². The summed E-state index contributed by atoms with van der Waals surface area (Å²) in [4.78, 5) is 38.0. The van der Waals surface area contributed by atoms with E-state index in [1.807, 2.05) is 0 Å². The van der Waals surface area contributed by atoms with Gasteiger partial charge in [0.15, 0.2) is 0 Å². The summed E-state index contributed by atoms with van der Waals surface area (Å²) in [5.41, 5.74) is -1.17. The monoisotopic (exact) mass is 454 g/mol. The van der Waals surface area contributed by atoms with E-state index in [4.69, 9.17) is 16.3 Å². The molecule has 7 nitrogen and oxygen atoms in total. The predicted octanol–water partition coefficient (Wildman–Crippen LogP) is 3.15. The van der Waals surface area contributed by atoms with Crippen molar-refractivity contribution < 1.29 is 23.8 Å². The van der Waals surface area contributed by atoms with Gasteiger partial charge in [0, 0.05) is 16.6 Å². The highest BCUT2D eigenvalue weighted by Crippen LogP contribution is 2.19. The minimum Gasteiger partial charge on any atom is -0.460 e. The molecule has 1 heterocycles. The van der Waals surface area contributed by atoms with Crippen molar-refractivity contribution in [2.75, 3.05) is 6.67 Å². The number of nitrogens with zero attached hydrogens (tertiary/aromatic N) is 1. The highest BCUT2D eigenvalue weighted by atomic mass is 35.5. The van der Waals surface area contributed by atoms with Gasteiger partial charge >= 0.3 is 5.97 Å². The molecule has 31 heavy (non-hydrogen) atoms. The van der Waals surface area contributed by atoms with E-state index in [0.717, 1.165) is 0 Å². The average molecular weight is 455 g/mol. The maximum absolute atomic E-state index is 13.1. The molecule has 1 aromatic heterocycles. The molecule has 0 spiro atoms. The zero-order valence-electron chi connectivity index (χ0n) is 18.0. The van der Waals surface area contributed by atoms with Crippen LogP contribution in [0.4, 0.5) is 4.39 Å².